The van der Waals surface area contributed by atoms with Crippen molar-refractivity contribution in [3.05, 3.63) is 12.7 Å². The van der Waals surface area contributed by atoms with Crippen LogP contribution in [0.15, 0.2) is 12.7 Å². The van der Waals surface area contributed by atoms with E-state index < -0.39 is 0 Å². The molecule has 25 heavy (non-hydrogen) atoms. The van der Waals surface area contributed by atoms with Crippen molar-refractivity contribution in [1.29, 1.82) is 0 Å². The van der Waals surface area contributed by atoms with Gasteiger partial charge in [0.05, 0.1) is 18.2 Å². The number of piperidine rings is 1. The number of carbonyl (C=O) groups excluding carboxylic acids is 1. The first-order chi connectivity index (χ1) is 12.1. The first kappa shape index (κ1) is 18.9. The minimum Gasteiger partial charge on any atom is -0.373 e. The summed E-state index contributed by atoms with van der Waals surface area (Å²) >= 11 is 0. The van der Waals surface area contributed by atoms with Crippen molar-refractivity contribution in [3.8, 4) is 0 Å². The quantitative estimate of drug-likeness (QED) is 0.687. The first-order valence-corrected chi connectivity index (χ1v) is 10.1. The predicted octanol–water partition coefficient (Wildman–Crippen LogP) is 1.98. The van der Waals surface area contributed by atoms with Gasteiger partial charge in [0.25, 0.3) is 0 Å². The minimum atomic E-state index is 0.127. The van der Waals surface area contributed by atoms with Gasteiger partial charge in [0, 0.05) is 26.2 Å². The number of amides is 1. The van der Waals surface area contributed by atoms with E-state index in [9.17, 15) is 4.79 Å². The maximum Gasteiger partial charge on any atom is 0.240 e. The monoisotopic (exact) mass is 349 g/mol. The Morgan fingerprint density at radius 1 is 1.12 bits per heavy atom. The summed E-state index contributed by atoms with van der Waals surface area (Å²) in [6, 6.07) is 0.127. The van der Waals surface area contributed by atoms with E-state index in [-0.39, 0.29) is 6.04 Å². The molecular weight excluding hydrogens is 314 g/mol. The third-order valence-corrected chi connectivity index (χ3v) is 6.06. The zero-order valence-electron chi connectivity index (χ0n) is 16.0. The molecule has 142 valence electrons. The molecule has 5 heteroatoms. The summed E-state index contributed by atoms with van der Waals surface area (Å²) in [5.74, 6) is 1.13. The SMILES string of the molecule is C=CCN1CCC(N2CCC(CCN3CC(C)OC(C)C3)CC2)C1=O. The van der Waals surface area contributed by atoms with Crippen molar-refractivity contribution < 1.29 is 9.53 Å². The zero-order chi connectivity index (χ0) is 17.8. The zero-order valence-corrected chi connectivity index (χ0v) is 16.0. The average molecular weight is 350 g/mol. The molecule has 3 rings (SSSR count). The van der Waals surface area contributed by atoms with Crippen LogP contribution in [-0.4, -0.2) is 84.7 Å². The lowest BCUT2D eigenvalue weighted by molar-refractivity contribution is -0.132. The van der Waals surface area contributed by atoms with E-state index in [2.05, 4.69) is 30.2 Å². The van der Waals surface area contributed by atoms with Crippen molar-refractivity contribution in [2.45, 2.75) is 57.8 Å². The third-order valence-electron chi connectivity index (χ3n) is 6.06. The fraction of sp³-hybridized carbons (Fsp3) is 0.850. The number of likely N-dealkylation sites (tertiary alicyclic amines) is 2. The average Bonchev–Trinajstić information content (AvgIpc) is 2.94. The Bertz CT molecular complexity index is 452. The van der Waals surface area contributed by atoms with Gasteiger partial charge in [-0.3, -0.25) is 14.6 Å². The standard InChI is InChI=1S/C20H35N3O2/c1-4-9-23-13-8-19(20(23)24)22-11-6-18(7-12-22)5-10-21-14-16(2)25-17(3)15-21/h4,16-19H,1,5-15H2,2-3H3. The molecule has 0 aliphatic carbocycles. The number of hydrogen-bond acceptors (Lipinski definition) is 4. The molecule has 0 bridgehead atoms. The van der Waals surface area contributed by atoms with E-state index >= 15 is 0 Å². The van der Waals surface area contributed by atoms with Crippen LogP contribution in [0.3, 0.4) is 0 Å². The van der Waals surface area contributed by atoms with Crippen molar-refractivity contribution >= 4 is 5.91 Å². The van der Waals surface area contributed by atoms with Crippen molar-refractivity contribution in [1.82, 2.24) is 14.7 Å². The molecule has 0 aromatic carbocycles. The van der Waals surface area contributed by atoms with Gasteiger partial charge in [-0.25, -0.2) is 0 Å². The summed E-state index contributed by atoms with van der Waals surface area (Å²) in [6.07, 6.45) is 7.30. The van der Waals surface area contributed by atoms with Gasteiger partial charge in [-0.05, 0) is 65.1 Å². The number of nitrogens with zero attached hydrogens (tertiary/aromatic N) is 3. The molecule has 3 aliphatic rings. The van der Waals surface area contributed by atoms with Crippen LogP contribution in [0.4, 0.5) is 0 Å². The van der Waals surface area contributed by atoms with Gasteiger partial charge >= 0.3 is 0 Å². The van der Waals surface area contributed by atoms with Gasteiger partial charge in [-0.1, -0.05) is 6.08 Å². The largest absolute Gasteiger partial charge is 0.373 e. The molecule has 3 atom stereocenters. The molecule has 1 amide bonds. The number of morpholine rings is 1. The number of rotatable bonds is 6. The maximum absolute atomic E-state index is 12.5. The first-order valence-electron chi connectivity index (χ1n) is 10.1. The van der Waals surface area contributed by atoms with Crippen LogP contribution in [0.25, 0.3) is 0 Å². The highest BCUT2D eigenvalue weighted by atomic mass is 16.5. The normalized spacial score (nSPS) is 33.1. The molecule has 3 unspecified atom stereocenters. The van der Waals surface area contributed by atoms with Crippen LogP contribution in [0.2, 0.25) is 0 Å². The van der Waals surface area contributed by atoms with Gasteiger partial charge < -0.3 is 9.64 Å². The highest BCUT2D eigenvalue weighted by Gasteiger charge is 2.36. The van der Waals surface area contributed by atoms with Gasteiger partial charge in [0.1, 0.15) is 0 Å². The van der Waals surface area contributed by atoms with Crippen LogP contribution < -0.4 is 0 Å². The maximum atomic E-state index is 12.5. The predicted molar refractivity (Wildman–Crippen MR) is 101 cm³/mol. The topological polar surface area (TPSA) is 36.0 Å². The van der Waals surface area contributed by atoms with Gasteiger partial charge in [0.15, 0.2) is 0 Å². The molecule has 3 fully saturated rings. The molecule has 0 saturated carbocycles. The highest BCUT2D eigenvalue weighted by molar-refractivity contribution is 5.84. The van der Waals surface area contributed by atoms with Crippen LogP contribution in [-0.2, 0) is 9.53 Å². The summed E-state index contributed by atoms with van der Waals surface area (Å²) in [6.45, 7) is 15.2. The lowest BCUT2D eigenvalue weighted by atomic mass is 9.92. The summed E-state index contributed by atoms with van der Waals surface area (Å²) in [5, 5.41) is 0. The summed E-state index contributed by atoms with van der Waals surface area (Å²) < 4.78 is 5.82. The Balaban J connectivity index is 1.39. The molecule has 3 aliphatic heterocycles. The molecular formula is C20H35N3O2. The molecule has 0 radical (unpaired) electrons. The third kappa shape index (κ3) is 4.83. The van der Waals surface area contributed by atoms with Gasteiger partial charge in [-0.15, -0.1) is 6.58 Å². The van der Waals surface area contributed by atoms with Crippen LogP contribution in [0, 0.1) is 5.92 Å². The van der Waals surface area contributed by atoms with Crippen molar-refractivity contribution in [3.63, 3.8) is 0 Å². The second-order valence-corrected chi connectivity index (χ2v) is 8.16. The number of carbonyl (C=O) groups is 1. The lowest BCUT2D eigenvalue weighted by Gasteiger charge is -2.38. The summed E-state index contributed by atoms with van der Waals surface area (Å²) in [4.78, 5) is 19.4. The number of hydrogen-bond donors (Lipinski definition) is 0. The minimum absolute atomic E-state index is 0.127. The molecule has 0 aromatic heterocycles. The van der Waals surface area contributed by atoms with Crippen LogP contribution in [0.1, 0.15) is 39.5 Å². The molecule has 3 heterocycles. The summed E-state index contributed by atoms with van der Waals surface area (Å²) in [7, 11) is 0. The van der Waals surface area contributed by atoms with Crippen molar-refractivity contribution in [2.24, 2.45) is 5.92 Å². The van der Waals surface area contributed by atoms with E-state index in [1.54, 1.807) is 0 Å². The Morgan fingerprint density at radius 3 is 2.44 bits per heavy atom. The Labute approximate surface area is 153 Å². The molecule has 5 nitrogen and oxygen atoms in total. The lowest BCUT2D eigenvalue weighted by Crippen LogP contribution is -2.47. The van der Waals surface area contributed by atoms with E-state index in [0.29, 0.717) is 24.7 Å². The fourth-order valence-electron chi connectivity index (χ4n) is 4.78. The van der Waals surface area contributed by atoms with Crippen LogP contribution >= 0.6 is 0 Å². The van der Waals surface area contributed by atoms with E-state index in [0.717, 1.165) is 45.1 Å². The molecule has 0 N–H and O–H groups in total. The Kier molecular flexibility index (Phi) is 6.53. The van der Waals surface area contributed by atoms with E-state index in [1.807, 2.05) is 11.0 Å². The molecule has 3 saturated heterocycles. The van der Waals surface area contributed by atoms with E-state index in [1.165, 1.54) is 25.8 Å². The fourth-order valence-corrected chi connectivity index (χ4v) is 4.78. The van der Waals surface area contributed by atoms with Gasteiger partial charge in [0.2, 0.25) is 5.91 Å². The highest BCUT2D eigenvalue weighted by Crippen LogP contribution is 2.26. The number of ether oxygens (including phenoxy) is 1. The second kappa shape index (κ2) is 8.65. The summed E-state index contributed by atoms with van der Waals surface area (Å²) in [5.41, 5.74) is 0. The van der Waals surface area contributed by atoms with Crippen LogP contribution in [0.5, 0.6) is 0 Å². The van der Waals surface area contributed by atoms with E-state index in [4.69, 9.17) is 4.74 Å². The Hall–Kier alpha value is -0.910. The van der Waals surface area contributed by atoms with Gasteiger partial charge in [-0.2, -0.15) is 0 Å². The molecule has 0 spiro atoms. The van der Waals surface area contributed by atoms with Crippen molar-refractivity contribution in [2.75, 3.05) is 45.8 Å². The second-order valence-electron chi connectivity index (χ2n) is 8.16. The molecule has 0 aromatic rings. The smallest absolute Gasteiger partial charge is 0.240 e. The Morgan fingerprint density at radius 2 is 1.80 bits per heavy atom.